The minimum absolute atomic E-state index is 0.0687. The first-order chi connectivity index (χ1) is 5.24. The van der Waals surface area contributed by atoms with Crippen molar-refractivity contribution in [2.75, 3.05) is 7.05 Å². The number of aliphatic imine (C=N–C) groups is 1. The van der Waals surface area contributed by atoms with Gasteiger partial charge in [0, 0.05) is 14.0 Å². The van der Waals surface area contributed by atoms with Crippen LogP contribution in [0.15, 0.2) is 21.5 Å². The standard InChI is InChI=1S/C8H9NO2/c1-6(10)8-4-3-7(11-8)5-9-2/h3-5H,1-2H3/b9-5-. The van der Waals surface area contributed by atoms with Gasteiger partial charge in [-0.15, -0.1) is 0 Å². The summed E-state index contributed by atoms with van der Waals surface area (Å²) in [5.74, 6) is 0.915. The molecule has 1 aromatic rings. The molecule has 0 aromatic carbocycles. The fraction of sp³-hybridized carbons (Fsp3) is 0.250. The van der Waals surface area contributed by atoms with Crippen molar-refractivity contribution in [3.63, 3.8) is 0 Å². The molecule has 0 aliphatic rings. The topological polar surface area (TPSA) is 42.6 Å². The molecule has 0 amide bonds. The Bertz CT molecular complexity index is 286. The summed E-state index contributed by atoms with van der Waals surface area (Å²) in [7, 11) is 1.65. The van der Waals surface area contributed by atoms with E-state index in [9.17, 15) is 4.79 Å². The predicted molar refractivity (Wildman–Crippen MR) is 42.2 cm³/mol. The molecule has 1 aromatic heterocycles. The Morgan fingerprint density at radius 2 is 2.36 bits per heavy atom. The predicted octanol–water partition coefficient (Wildman–Crippen LogP) is 1.53. The van der Waals surface area contributed by atoms with Crippen LogP contribution in [0.4, 0.5) is 0 Å². The highest BCUT2D eigenvalue weighted by Crippen LogP contribution is 2.05. The highest BCUT2D eigenvalue weighted by atomic mass is 16.3. The first-order valence-corrected chi connectivity index (χ1v) is 3.27. The van der Waals surface area contributed by atoms with Crippen LogP contribution in [-0.4, -0.2) is 19.0 Å². The van der Waals surface area contributed by atoms with Gasteiger partial charge >= 0.3 is 0 Å². The Labute approximate surface area is 64.7 Å². The molecule has 0 saturated carbocycles. The molecule has 0 unspecified atom stereocenters. The van der Waals surface area contributed by atoms with Crippen molar-refractivity contribution in [3.05, 3.63) is 23.7 Å². The number of Topliss-reactive ketones (excluding diaryl/α,β-unsaturated/α-hetero) is 1. The van der Waals surface area contributed by atoms with Gasteiger partial charge in [-0.1, -0.05) is 0 Å². The van der Waals surface area contributed by atoms with Crippen LogP contribution >= 0.6 is 0 Å². The second-order valence-corrected chi connectivity index (χ2v) is 2.15. The zero-order chi connectivity index (χ0) is 8.27. The van der Waals surface area contributed by atoms with Gasteiger partial charge in [0.15, 0.2) is 11.5 Å². The third kappa shape index (κ3) is 1.77. The molecule has 0 saturated heterocycles. The van der Waals surface area contributed by atoms with E-state index in [1.807, 2.05) is 0 Å². The molecule has 0 spiro atoms. The van der Waals surface area contributed by atoms with Gasteiger partial charge in [0.05, 0.1) is 6.21 Å². The van der Waals surface area contributed by atoms with Crippen molar-refractivity contribution in [1.82, 2.24) is 0 Å². The van der Waals surface area contributed by atoms with Gasteiger partial charge in [0.25, 0.3) is 0 Å². The van der Waals surface area contributed by atoms with Gasteiger partial charge in [-0.2, -0.15) is 0 Å². The molecule has 0 aliphatic heterocycles. The zero-order valence-electron chi connectivity index (χ0n) is 6.50. The van der Waals surface area contributed by atoms with E-state index in [1.165, 1.54) is 6.92 Å². The molecule has 3 heteroatoms. The zero-order valence-corrected chi connectivity index (χ0v) is 6.50. The minimum atomic E-state index is -0.0687. The van der Waals surface area contributed by atoms with Crippen LogP contribution in [0.3, 0.4) is 0 Å². The van der Waals surface area contributed by atoms with E-state index in [1.54, 1.807) is 25.4 Å². The van der Waals surface area contributed by atoms with E-state index in [4.69, 9.17) is 4.42 Å². The highest BCUT2D eigenvalue weighted by Gasteiger charge is 2.03. The molecular formula is C8H9NO2. The Morgan fingerprint density at radius 3 is 2.82 bits per heavy atom. The number of furan rings is 1. The SMILES string of the molecule is C/N=C\c1ccc(C(C)=O)o1. The third-order valence-corrected chi connectivity index (χ3v) is 1.23. The second kappa shape index (κ2) is 3.14. The number of rotatable bonds is 2. The highest BCUT2D eigenvalue weighted by molar-refractivity contribution is 5.92. The van der Waals surface area contributed by atoms with Gasteiger partial charge < -0.3 is 4.42 Å². The van der Waals surface area contributed by atoms with Crippen molar-refractivity contribution in [3.8, 4) is 0 Å². The molecule has 1 rings (SSSR count). The molecule has 0 aliphatic carbocycles. The Morgan fingerprint density at radius 1 is 1.64 bits per heavy atom. The average molecular weight is 151 g/mol. The summed E-state index contributed by atoms with van der Waals surface area (Å²) < 4.78 is 5.09. The fourth-order valence-corrected chi connectivity index (χ4v) is 0.739. The summed E-state index contributed by atoms with van der Waals surface area (Å²) in [5, 5.41) is 0. The lowest BCUT2D eigenvalue weighted by Crippen LogP contribution is -1.86. The van der Waals surface area contributed by atoms with E-state index in [2.05, 4.69) is 4.99 Å². The molecule has 58 valence electrons. The smallest absolute Gasteiger partial charge is 0.194 e. The number of carbonyl (C=O) groups is 1. The maximum Gasteiger partial charge on any atom is 0.194 e. The van der Waals surface area contributed by atoms with E-state index >= 15 is 0 Å². The molecule has 1 heterocycles. The van der Waals surface area contributed by atoms with Gasteiger partial charge in [0.1, 0.15) is 5.76 Å². The molecule has 0 N–H and O–H groups in total. The normalized spacial score (nSPS) is 10.7. The number of ketones is 1. The Kier molecular flexibility index (Phi) is 2.21. The Balaban J connectivity index is 2.90. The summed E-state index contributed by atoms with van der Waals surface area (Å²) in [6.45, 7) is 1.46. The second-order valence-electron chi connectivity index (χ2n) is 2.15. The molecule has 0 atom stereocenters. The molecule has 3 nitrogen and oxygen atoms in total. The van der Waals surface area contributed by atoms with Gasteiger partial charge in [-0.25, -0.2) is 0 Å². The maximum absolute atomic E-state index is 10.7. The number of hydrogen-bond donors (Lipinski definition) is 0. The minimum Gasteiger partial charge on any atom is -0.452 e. The maximum atomic E-state index is 10.7. The molecule has 0 radical (unpaired) electrons. The van der Waals surface area contributed by atoms with Gasteiger partial charge in [-0.05, 0) is 12.1 Å². The first kappa shape index (κ1) is 7.72. The lowest BCUT2D eigenvalue weighted by Gasteiger charge is -1.84. The molecule has 11 heavy (non-hydrogen) atoms. The molecule has 0 bridgehead atoms. The summed E-state index contributed by atoms with van der Waals surface area (Å²) in [6.07, 6.45) is 1.56. The Hall–Kier alpha value is -1.38. The van der Waals surface area contributed by atoms with Crippen LogP contribution in [0, 0.1) is 0 Å². The lowest BCUT2D eigenvalue weighted by atomic mass is 10.3. The van der Waals surface area contributed by atoms with E-state index in [0.29, 0.717) is 11.5 Å². The molecule has 0 fully saturated rings. The summed E-state index contributed by atoms with van der Waals surface area (Å²) in [4.78, 5) is 14.5. The van der Waals surface area contributed by atoms with Crippen LogP contribution in [-0.2, 0) is 0 Å². The van der Waals surface area contributed by atoms with Crippen LogP contribution in [0.25, 0.3) is 0 Å². The van der Waals surface area contributed by atoms with Crippen molar-refractivity contribution in [2.45, 2.75) is 6.92 Å². The van der Waals surface area contributed by atoms with E-state index in [-0.39, 0.29) is 5.78 Å². The summed E-state index contributed by atoms with van der Waals surface area (Å²) in [5.41, 5.74) is 0. The summed E-state index contributed by atoms with van der Waals surface area (Å²) in [6, 6.07) is 3.35. The van der Waals surface area contributed by atoms with Crippen LogP contribution in [0.1, 0.15) is 23.2 Å². The van der Waals surface area contributed by atoms with Crippen LogP contribution in [0.5, 0.6) is 0 Å². The lowest BCUT2D eigenvalue weighted by molar-refractivity contribution is 0.0987. The van der Waals surface area contributed by atoms with Crippen molar-refractivity contribution in [2.24, 2.45) is 4.99 Å². The van der Waals surface area contributed by atoms with Crippen molar-refractivity contribution < 1.29 is 9.21 Å². The number of nitrogens with zero attached hydrogens (tertiary/aromatic N) is 1. The first-order valence-electron chi connectivity index (χ1n) is 3.27. The van der Waals surface area contributed by atoms with Crippen LogP contribution in [0.2, 0.25) is 0 Å². The quantitative estimate of drug-likeness (QED) is 0.475. The van der Waals surface area contributed by atoms with Crippen molar-refractivity contribution in [1.29, 1.82) is 0 Å². The summed E-state index contributed by atoms with van der Waals surface area (Å²) >= 11 is 0. The number of hydrogen-bond acceptors (Lipinski definition) is 3. The fourth-order valence-electron chi connectivity index (χ4n) is 0.739. The van der Waals surface area contributed by atoms with Gasteiger partial charge in [-0.3, -0.25) is 9.79 Å². The van der Waals surface area contributed by atoms with Crippen LogP contribution < -0.4 is 0 Å². The average Bonchev–Trinajstić information content (AvgIpc) is 2.37. The van der Waals surface area contributed by atoms with E-state index < -0.39 is 0 Å². The van der Waals surface area contributed by atoms with E-state index in [0.717, 1.165) is 0 Å². The van der Waals surface area contributed by atoms with Crippen molar-refractivity contribution >= 4 is 12.0 Å². The molecular weight excluding hydrogens is 142 g/mol. The monoisotopic (exact) mass is 151 g/mol. The third-order valence-electron chi connectivity index (χ3n) is 1.23. The largest absolute Gasteiger partial charge is 0.452 e. The van der Waals surface area contributed by atoms with Gasteiger partial charge in [0.2, 0.25) is 0 Å². The number of carbonyl (C=O) groups excluding carboxylic acids is 1.